The number of nitrogens with zero attached hydrogens (tertiary/aromatic N) is 3. The molecule has 27 heavy (non-hydrogen) atoms. The topological polar surface area (TPSA) is 47.3 Å². The van der Waals surface area contributed by atoms with Gasteiger partial charge in [0.05, 0.1) is 0 Å². The molecular weight excluding hydrogens is 354 g/mol. The minimum Gasteiger partial charge on any atom is -0.334 e. The van der Waals surface area contributed by atoms with Gasteiger partial charge in [-0.15, -0.1) is 11.3 Å². The fourth-order valence-corrected chi connectivity index (χ4v) is 5.13. The molecule has 4 rings (SSSR count). The van der Waals surface area contributed by atoms with Crippen molar-refractivity contribution in [2.24, 2.45) is 0 Å². The molecule has 0 bridgehead atoms. The molecule has 0 N–H and O–H groups in total. The lowest BCUT2D eigenvalue weighted by Crippen LogP contribution is -2.44. The highest BCUT2D eigenvalue weighted by Crippen LogP contribution is 2.29. The van der Waals surface area contributed by atoms with E-state index in [1.54, 1.807) is 0 Å². The fraction of sp³-hybridized carbons (Fsp3) is 0.455. The van der Waals surface area contributed by atoms with Crippen LogP contribution >= 0.6 is 11.3 Å². The van der Waals surface area contributed by atoms with Crippen molar-refractivity contribution >= 4 is 17.2 Å². The molecule has 1 aromatic heterocycles. The van der Waals surface area contributed by atoms with E-state index in [9.17, 15) is 4.79 Å². The van der Waals surface area contributed by atoms with Gasteiger partial charge in [-0.25, -0.2) is 0 Å². The van der Waals surface area contributed by atoms with Crippen LogP contribution in [-0.4, -0.2) is 47.4 Å². The number of rotatable bonds is 4. The van der Waals surface area contributed by atoms with Crippen molar-refractivity contribution < 1.29 is 4.79 Å². The minimum absolute atomic E-state index is 0.153. The number of carbonyl (C=O) groups excluding carboxylic acids is 1. The molecule has 0 radical (unpaired) electrons. The van der Waals surface area contributed by atoms with Crippen LogP contribution in [0.3, 0.4) is 0 Å². The molecule has 2 unspecified atom stereocenters. The summed E-state index contributed by atoms with van der Waals surface area (Å²) in [5.41, 5.74) is 1.82. The first-order chi connectivity index (χ1) is 13.2. The lowest BCUT2D eigenvalue weighted by atomic mass is 10.1. The van der Waals surface area contributed by atoms with Crippen molar-refractivity contribution in [2.45, 2.75) is 44.7 Å². The molecule has 4 nitrogen and oxygen atoms in total. The van der Waals surface area contributed by atoms with Crippen LogP contribution in [0, 0.1) is 11.3 Å². The zero-order valence-corrected chi connectivity index (χ0v) is 16.5. The summed E-state index contributed by atoms with van der Waals surface area (Å²) in [4.78, 5) is 19.5. The third-order valence-corrected chi connectivity index (χ3v) is 6.95. The summed E-state index contributed by atoms with van der Waals surface area (Å²) in [5.74, 6) is 0.153. The minimum atomic E-state index is 0.153. The van der Waals surface area contributed by atoms with Gasteiger partial charge in [0.1, 0.15) is 10.9 Å². The van der Waals surface area contributed by atoms with E-state index in [4.69, 9.17) is 5.26 Å². The third kappa shape index (κ3) is 3.78. The van der Waals surface area contributed by atoms with Gasteiger partial charge in [-0.3, -0.25) is 9.69 Å². The Bertz CT molecular complexity index is 851. The zero-order valence-electron chi connectivity index (χ0n) is 15.7. The van der Waals surface area contributed by atoms with Crippen LogP contribution in [0.5, 0.6) is 0 Å². The molecule has 2 aliphatic heterocycles. The molecule has 2 saturated heterocycles. The van der Waals surface area contributed by atoms with Crippen LogP contribution in [-0.2, 0) is 0 Å². The Morgan fingerprint density at radius 3 is 2.59 bits per heavy atom. The maximum absolute atomic E-state index is 13.1. The monoisotopic (exact) mass is 379 g/mol. The van der Waals surface area contributed by atoms with Crippen LogP contribution in [0.2, 0.25) is 0 Å². The molecule has 2 atom stereocenters. The van der Waals surface area contributed by atoms with Crippen LogP contribution in [0.25, 0.3) is 10.4 Å². The van der Waals surface area contributed by atoms with E-state index in [0.29, 0.717) is 17.0 Å². The summed E-state index contributed by atoms with van der Waals surface area (Å²) in [6.07, 6.45) is 4.76. The van der Waals surface area contributed by atoms with E-state index < -0.39 is 0 Å². The number of amides is 1. The summed E-state index contributed by atoms with van der Waals surface area (Å²) in [7, 11) is 0. The maximum atomic E-state index is 13.1. The number of nitriles is 1. The Labute approximate surface area is 165 Å². The second kappa shape index (κ2) is 7.84. The standard InChI is InChI=1S/C22H25N3OS/c1-16-4-2-12-24(16)15-19-5-3-13-25(19)22(26)18-8-6-17(7-9-18)21-11-10-20(14-23)27-21/h6-11,16,19H,2-5,12-13,15H2,1H3. The fourth-order valence-electron chi connectivity index (χ4n) is 4.32. The van der Waals surface area contributed by atoms with Gasteiger partial charge in [0, 0.05) is 35.6 Å². The Balaban J connectivity index is 1.46. The molecule has 2 aliphatic rings. The second-order valence-corrected chi connectivity index (χ2v) is 8.72. The molecular formula is C22H25N3OS. The van der Waals surface area contributed by atoms with Crippen LogP contribution in [0.4, 0.5) is 0 Å². The van der Waals surface area contributed by atoms with Crippen molar-refractivity contribution in [3.63, 3.8) is 0 Å². The van der Waals surface area contributed by atoms with E-state index in [0.717, 1.165) is 41.9 Å². The predicted molar refractivity (Wildman–Crippen MR) is 109 cm³/mol. The Hall–Kier alpha value is -2.16. The zero-order chi connectivity index (χ0) is 18.8. The van der Waals surface area contributed by atoms with Crippen molar-refractivity contribution in [1.29, 1.82) is 5.26 Å². The lowest BCUT2D eigenvalue weighted by molar-refractivity contribution is 0.0697. The van der Waals surface area contributed by atoms with Crippen LogP contribution < -0.4 is 0 Å². The highest BCUT2D eigenvalue weighted by molar-refractivity contribution is 7.16. The third-order valence-electron chi connectivity index (χ3n) is 5.91. The molecule has 2 fully saturated rings. The molecule has 1 amide bonds. The average Bonchev–Trinajstić information content (AvgIpc) is 3.43. The van der Waals surface area contributed by atoms with Gasteiger partial charge in [0.15, 0.2) is 0 Å². The smallest absolute Gasteiger partial charge is 0.254 e. The van der Waals surface area contributed by atoms with Crippen LogP contribution in [0.15, 0.2) is 36.4 Å². The number of carbonyl (C=O) groups is 1. The van der Waals surface area contributed by atoms with Gasteiger partial charge in [0.2, 0.25) is 0 Å². The quantitative estimate of drug-likeness (QED) is 0.792. The number of benzene rings is 1. The molecule has 140 valence electrons. The first-order valence-corrected chi connectivity index (χ1v) is 10.6. The molecule has 2 aromatic rings. The number of hydrogen-bond acceptors (Lipinski definition) is 4. The lowest BCUT2D eigenvalue weighted by Gasteiger charge is -2.30. The van der Waals surface area contributed by atoms with Gasteiger partial charge in [0.25, 0.3) is 5.91 Å². The van der Waals surface area contributed by atoms with Gasteiger partial charge in [-0.2, -0.15) is 5.26 Å². The molecule has 0 spiro atoms. The molecule has 0 saturated carbocycles. The van der Waals surface area contributed by atoms with E-state index in [-0.39, 0.29) is 5.91 Å². The summed E-state index contributed by atoms with van der Waals surface area (Å²) in [6.45, 7) is 5.34. The highest BCUT2D eigenvalue weighted by atomic mass is 32.1. The van der Waals surface area contributed by atoms with E-state index in [2.05, 4.69) is 22.8 Å². The van der Waals surface area contributed by atoms with E-state index >= 15 is 0 Å². The van der Waals surface area contributed by atoms with Gasteiger partial charge in [-0.1, -0.05) is 12.1 Å². The Morgan fingerprint density at radius 1 is 1.15 bits per heavy atom. The number of thiophene rings is 1. The maximum Gasteiger partial charge on any atom is 0.254 e. The van der Waals surface area contributed by atoms with Crippen molar-refractivity contribution in [3.8, 4) is 16.5 Å². The van der Waals surface area contributed by atoms with Crippen molar-refractivity contribution in [1.82, 2.24) is 9.80 Å². The normalized spacial score (nSPS) is 22.9. The second-order valence-electron chi connectivity index (χ2n) is 7.63. The molecule has 5 heteroatoms. The first-order valence-electron chi connectivity index (χ1n) is 9.81. The summed E-state index contributed by atoms with van der Waals surface area (Å²) >= 11 is 1.48. The van der Waals surface area contributed by atoms with Crippen molar-refractivity contribution in [2.75, 3.05) is 19.6 Å². The van der Waals surface area contributed by atoms with Gasteiger partial charge in [-0.05, 0) is 69.0 Å². The predicted octanol–water partition coefficient (Wildman–Crippen LogP) is 4.38. The van der Waals surface area contributed by atoms with E-state index in [1.165, 1.54) is 30.7 Å². The van der Waals surface area contributed by atoms with E-state index in [1.807, 2.05) is 36.4 Å². The first kappa shape index (κ1) is 18.2. The average molecular weight is 380 g/mol. The molecule has 0 aliphatic carbocycles. The molecule has 1 aromatic carbocycles. The van der Waals surface area contributed by atoms with Crippen molar-refractivity contribution in [3.05, 3.63) is 46.8 Å². The Morgan fingerprint density at radius 2 is 1.93 bits per heavy atom. The SMILES string of the molecule is CC1CCCN1CC1CCCN1C(=O)c1ccc(-c2ccc(C#N)s2)cc1. The number of likely N-dealkylation sites (tertiary alicyclic amines) is 2. The summed E-state index contributed by atoms with van der Waals surface area (Å²) in [5, 5.41) is 8.99. The summed E-state index contributed by atoms with van der Waals surface area (Å²) < 4.78 is 0. The highest BCUT2D eigenvalue weighted by Gasteiger charge is 2.32. The Kier molecular flexibility index (Phi) is 5.29. The largest absolute Gasteiger partial charge is 0.334 e. The van der Waals surface area contributed by atoms with Crippen LogP contribution in [0.1, 0.15) is 47.8 Å². The number of hydrogen-bond donors (Lipinski definition) is 0. The molecule has 3 heterocycles. The van der Waals surface area contributed by atoms with Gasteiger partial charge < -0.3 is 4.90 Å². The summed E-state index contributed by atoms with van der Waals surface area (Å²) in [6, 6.07) is 14.8. The van der Waals surface area contributed by atoms with Gasteiger partial charge >= 0.3 is 0 Å².